The molecule has 2 aromatic rings. The molecule has 3 atom stereocenters. The highest BCUT2D eigenvalue weighted by molar-refractivity contribution is 7.12. The van der Waals surface area contributed by atoms with Gasteiger partial charge in [-0.1, -0.05) is 17.7 Å². The summed E-state index contributed by atoms with van der Waals surface area (Å²) in [7, 11) is 1.55. The summed E-state index contributed by atoms with van der Waals surface area (Å²) >= 11 is 7.50. The second-order valence-electron chi connectivity index (χ2n) is 6.74. The molecule has 1 aliphatic carbocycles. The first-order chi connectivity index (χ1) is 12.6. The van der Waals surface area contributed by atoms with Gasteiger partial charge < -0.3 is 15.0 Å². The van der Waals surface area contributed by atoms with Gasteiger partial charge in [0, 0.05) is 23.7 Å². The van der Waals surface area contributed by atoms with Crippen LogP contribution in [0.15, 0.2) is 35.7 Å². The first-order valence-corrected chi connectivity index (χ1v) is 9.81. The van der Waals surface area contributed by atoms with E-state index in [4.69, 9.17) is 16.3 Å². The van der Waals surface area contributed by atoms with Crippen molar-refractivity contribution in [2.75, 3.05) is 13.7 Å². The minimum Gasteiger partial charge on any atom is -0.496 e. The van der Waals surface area contributed by atoms with Gasteiger partial charge >= 0.3 is 0 Å². The summed E-state index contributed by atoms with van der Waals surface area (Å²) in [5.41, 5.74) is 0.492. The number of likely N-dealkylation sites (tertiary alicyclic amines) is 1. The highest BCUT2D eigenvalue weighted by Crippen LogP contribution is 2.39. The molecule has 1 saturated carbocycles. The molecule has 2 aliphatic rings. The number of nitrogens with one attached hydrogen (secondary N) is 1. The van der Waals surface area contributed by atoms with Crippen molar-refractivity contribution in [2.24, 2.45) is 5.92 Å². The van der Waals surface area contributed by atoms with E-state index in [-0.39, 0.29) is 29.8 Å². The Morgan fingerprint density at radius 1 is 1.31 bits per heavy atom. The van der Waals surface area contributed by atoms with Crippen molar-refractivity contribution in [1.29, 1.82) is 0 Å². The lowest BCUT2D eigenvalue weighted by molar-refractivity contribution is 0.0677. The normalized spacial score (nSPS) is 23.9. The zero-order valence-corrected chi connectivity index (χ0v) is 15.8. The fourth-order valence-corrected chi connectivity index (χ4v) is 4.83. The molecular weight excluding hydrogens is 372 g/mol. The fraction of sp³-hybridized carbons (Fsp3) is 0.368. The summed E-state index contributed by atoms with van der Waals surface area (Å²) in [6, 6.07) is 9.06. The molecule has 2 heterocycles. The molecule has 5 nitrogen and oxygen atoms in total. The largest absolute Gasteiger partial charge is 0.496 e. The third-order valence-corrected chi connectivity index (χ3v) is 6.36. The number of thiophene rings is 1. The Morgan fingerprint density at radius 3 is 2.81 bits per heavy atom. The molecule has 1 aliphatic heterocycles. The van der Waals surface area contributed by atoms with Gasteiger partial charge in [0.25, 0.3) is 11.8 Å². The minimum absolute atomic E-state index is 0.0214. The van der Waals surface area contributed by atoms with Gasteiger partial charge in [-0.15, -0.1) is 11.3 Å². The van der Waals surface area contributed by atoms with Crippen LogP contribution in [0.1, 0.15) is 32.9 Å². The van der Waals surface area contributed by atoms with Crippen LogP contribution in [0.25, 0.3) is 0 Å². The average Bonchev–Trinajstić information content (AvgIpc) is 3.37. The zero-order valence-electron chi connectivity index (χ0n) is 14.3. The van der Waals surface area contributed by atoms with Gasteiger partial charge in [0.15, 0.2) is 0 Å². The predicted molar refractivity (Wildman–Crippen MR) is 101 cm³/mol. The molecule has 0 radical (unpaired) electrons. The monoisotopic (exact) mass is 390 g/mol. The van der Waals surface area contributed by atoms with E-state index in [1.807, 2.05) is 22.4 Å². The molecule has 7 heteroatoms. The van der Waals surface area contributed by atoms with Crippen LogP contribution in [0, 0.1) is 5.92 Å². The molecule has 2 bridgehead atoms. The second kappa shape index (κ2) is 6.93. The van der Waals surface area contributed by atoms with Crippen LogP contribution in [-0.4, -0.2) is 42.5 Å². The Bertz CT molecular complexity index is 839. The van der Waals surface area contributed by atoms with Crippen molar-refractivity contribution in [3.05, 3.63) is 51.2 Å². The van der Waals surface area contributed by atoms with Gasteiger partial charge in [-0.3, -0.25) is 9.59 Å². The number of benzene rings is 1. The average molecular weight is 391 g/mol. The summed E-state index contributed by atoms with van der Waals surface area (Å²) in [6.07, 6.45) is 1.71. The first-order valence-electron chi connectivity index (χ1n) is 8.55. The maximum Gasteiger partial charge on any atom is 0.261 e. The maximum absolute atomic E-state index is 13.0. The standard InChI is InChI=1S/C19H19ClN2O3S/c1-25-16-5-4-12(20)8-14(16)19(24)22-10-11-7-13(22)9-15(11)21-18(23)17-3-2-6-26-17/h2-6,8,11,13,15H,7,9-10H2,1H3,(H,21,23). The van der Waals surface area contributed by atoms with Gasteiger partial charge in [-0.25, -0.2) is 0 Å². The Morgan fingerprint density at radius 2 is 2.15 bits per heavy atom. The van der Waals surface area contributed by atoms with Crippen molar-refractivity contribution >= 4 is 34.8 Å². The summed E-state index contributed by atoms with van der Waals surface area (Å²) in [4.78, 5) is 27.9. The predicted octanol–water partition coefficient (Wildman–Crippen LogP) is 3.44. The van der Waals surface area contributed by atoms with Gasteiger partial charge in [0.2, 0.25) is 0 Å². The molecular formula is C19H19ClN2O3S. The molecule has 1 N–H and O–H groups in total. The van der Waals surface area contributed by atoms with Crippen molar-refractivity contribution in [3.8, 4) is 5.75 Å². The first kappa shape index (κ1) is 17.4. The van der Waals surface area contributed by atoms with E-state index in [1.54, 1.807) is 25.3 Å². The van der Waals surface area contributed by atoms with E-state index < -0.39 is 0 Å². The number of nitrogens with zero attached hydrogens (tertiary/aromatic N) is 1. The highest BCUT2D eigenvalue weighted by Gasteiger charge is 2.47. The van der Waals surface area contributed by atoms with E-state index in [1.165, 1.54) is 11.3 Å². The number of carbonyl (C=O) groups excluding carboxylic acids is 2. The number of ether oxygens (including phenoxy) is 1. The van der Waals surface area contributed by atoms with E-state index >= 15 is 0 Å². The van der Waals surface area contributed by atoms with Crippen LogP contribution in [0.2, 0.25) is 5.02 Å². The Kier molecular flexibility index (Phi) is 4.63. The summed E-state index contributed by atoms with van der Waals surface area (Å²) in [5.74, 6) is 0.745. The van der Waals surface area contributed by atoms with Crippen LogP contribution in [0.3, 0.4) is 0 Å². The number of hydrogen-bond acceptors (Lipinski definition) is 4. The van der Waals surface area contributed by atoms with Crippen LogP contribution in [-0.2, 0) is 0 Å². The molecule has 2 fully saturated rings. The van der Waals surface area contributed by atoms with Crippen molar-refractivity contribution < 1.29 is 14.3 Å². The lowest BCUT2D eigenvalue weighted by Crippen LogP contribution is -2.47. The number of fused-ring (bicyclic) bond motifs is 2. The van der Waals surface area contributed by atoms with Crippen LogP contribution in [0.4, 0.5) is 0 Å². The van der Waals surface area contributed by atoms with Gasteiger partial charge in [-0.2, -0.15) is 0 Å². The van der Waals surface area contributed by atoms with Crippen molar-refractivity contribution in [1.82, 2.24) is 10.2 Å². The molecule has 2 amide bonds. The number of hydrogen-bond donors (Lipinski definition) is 1. The van der Waals surface area contributed by atoms with Crippen LogP contribution < -0.4 is 10.1 Å². The highest BCUT2D eigenvalue weighted by atomic mass is 35.5. The topological polar surface area (TPSA) is 58.6 Å². The smallest absolute Gasteiger partial charge is 0.261 e. The third kappa shape index (κ3) is 3.08. The maximum atomic E-state index is 13.0. The number of amides is 2. The molecule has 3 unspecified atom stereocenters. The number of rotatable bonds is 4. The van der Waals surface area contributed by atoms with Gasteiger partial charge in [0.05, 0.1) is 17.6 Å². The quantitative estimate of drug-likeness (QED) is 0.869. The number of methoxy groups -OCH3 is 1. The molecule has 1 aromatic carbocycles. The molecule has 0 spiro atoms. The summed E-state index contributed by atoms with van der Waals surface area (Å²) in [6.45, 7) is 0.647. The molecule has 1 saturated heterocycles. The second-order valence-corrected chi connectivity index (χ2v) is 8.13. The van der Waals surface area contributed by atoms with E-state index in [0.717, 1.165) is 17.7 Å². The number of piperidine rings is 1. The third-order valence-electron chi connectivity index (χ3n) is 5.26. The molecule has 136 valence electrons. The Hall–Kier alpha value is -2.05. The fourth-order valence-electron chi connectivity index (χ4n) is 4.03. The molecule has 1 aromatic heterocycles. The van der Waals surface area contributed by atoms with Crippen LogP contribution in [0.5, 0.6) is 5.75 Å². The molecule has 26 heavy (non-hydrogen) atoms. The van der Waals surface area contributed by atoms with E-state index in [0.29, 0.717) is 22.9 Å². The zero-order chi connectivity index (χ0) is 18.3. The summed E-state index contributed by atoms with van der Waals surface area (Å²) < 4.78 is 5.31. The van der Waals surface area contributed by atoms with Crippen molar-refractivity contribution in [2.45, 2.75) is 24.9 Å². The Labute approximate surface area is 160 Å². The van der Waals surface area contributed by atoms with Crippen molar-refractivity contribution in [3.63, 3.8) is 0 Å². The lowest BCUT2D eigenvalue weighted by atomic mass is 10.0. The summed E-state index contributed by atoms with van der Waals surface area (Å²) in [5, 5.41) is 5.54. The van der Waals surface area contributed by atoms with Crippen LogP contribution >= 0.6 is 22.9 Å². The lowest BCUT2D eigenvalue weighted by Gasteiger charge is -2.32. The van der Waals surface area contributed by atoms with Gasteiger partial charge in [0.1, 0.15) is 5.75 Å². The minimum atomic E-state index is -0.0557. The van der Waals surface area contributed by atoms with E-state index in [9.17, 15) is 9.59 Å². The molecule has 4 rings (SSSR count). The number of carbonyl (C=O) groups is 2. The number of halogens is 1. The SMILES string of the molecule is COc1ccc(Cl)cc1C(=O)N1CC2CC1CC2NC(=O)c1cccs1. The Balaban J connectivity index is 1.44. The van der Waals surface area contributed by atoms with E-state index in [2.05, 4.69) is 5.32 Å². The van der Waals surface area contributed by atoms with Gasteiger partial charge in [-0.05, 0) is 48.4 Å².